The highest BCUT2D eigenvalue weighted by molar-refractivity contribution is 5.79. The van der Waals surface area contributed by atoms with E-state index < -0.39 is 0 Å². The fraction of sp³-hybridized carbons (Fsp3) is 0.538. The molecule has 0 saturated heterocycles. The van der Waals surface area contributed by atoms with E-state index in [-0.39, 0.29) is 18.5 Å². The molecule has 100 valence electrons. The lowest BCUT2D eigenvalue weighted by Gasteiger charge is -2.27. The zero-order chi connectivity index (χ0) is 13.5. The van der Waals surface area contributed by atoms with Gasteiger partial charge in [-0.1, -0.05) is 6.92 Å². The van der Waals surface area contributed by atoms with Crippen molar-refractivity contribution in [2.24, 2.45) is 5.73 Å². The minimum atomic E-state index is -0.330. The number of carbonyl (C=O) groups is 1. The number of amides is 1. The number of carbonyl (C=O) groups excluding carboxylic acids is 1. The van der Waals surface area contributed by atoms with Gasteiger partial charge in [0.15, 0.2) is 0 Å². The number of hydrogen-bond donors (Lipinski definition) is 2. The zero-order valence-electron chi connectivity index (χ0n) is 11.3. The van der Waals surface area contributed by atoms with E-state index in [0.29, 0.717) is 0 Å². The van der Waals surface area contributed by atoms with Gasteiger partial charge in [-0.05, 0) is 26.3 Å². The normalized spacial score (nSPS) is 10.4. The molecular weight excluding hydrogens is 228 g/mol. The third kappa shape index (κ3) is 4.24. The summed E-state index contributed by atoms with van der Waals surface area (Å²) in [7, 11) is 0. The topological polar surface area (TPSA) is 71.2 Å². The molecule has 0 unspecified atom stereocenters. The Morgan fingerprint density at radius 1 is 1.56 bits per heavy atom. The van der Waals surface area contributed by atoms with Crippen LogP contribution in [-0.4, -0.2) is 30.0 Å². The molecule has 0 bridgehead atoms. The highest BCUT2D eigenvalue weighted by Crippen LogP contribution is 2.19. The van der Waals surface area contributed by atoms with Crippen LogP contribution in [0.4, 0.5) is 11.5 Å². The molecule has 1 rings (SSSR count). The number of nitrogens with zero attached hydrogens (tertiary/aromatic N) is 2. The second kappa shape index (κ2) is 6.83. The van der Waals surface area contributed by atoms with Crippen molar-refractivity contribution in [2.45, 2.75) is 33.2 Å². The Labute approximate surface area is 108 Å². The van der Waals surface area contributed by atoms with E-state index in [4.69, 9.17) is 5.73 Å². The van der Waals surface area contributed by atoms with Gasteiger partial charge in [-0.3, -0.25) is 4.79 Å². The number of nitrogens with one attached hydrogen (secondary N) is 1. The average molecular weight is 250 g/mol. The molecule has 18 heavy (non-hydrogen) atoms. The fourth-order valence-corrected chi connectivity index (χ4v) is 1.69. The summed E-state index contributed by atoms with van der Waals surface area (Å²) in [4.78, 5) is 17.3. The number of aromatic nitrogens is 1. The molecule has 1 amide bonds. The number of hydrogen-bond acceptors (Lipinski definition) is 4. The van der Waals surface area contributed by atoms with E-state index in [2.05, 4.69) is 17.2 Å². The summed E-state index contributed by atoms with van der Waals surface area (Å²) in [5.41, 5.74) is 6.23. The van der Waals surface area contributed by atoms with E-state index in [1.807, 2.05) is 30.9 Å². The van der Waals surface area contributed by atoms with Crippen LogP contribution in [0.5, 0.6) is 0 Å². The second-order valence-electron chi connectivity index (χ2n) is 4.51. The molecule has 0 aliphatic heterocycles. The lowest BCUT2D eigenvalue weighted by molar-refractivity contribution is -0.116. The summed E-state index contributed by atoms with van der Waals surface area (Å²) in [6.07, 6.45) is 2.78. The predicted octanol–water partition coefficient (Wildman–Crippen LogP) is 1.60. The molecule has 0 aliphatic rings. The fourth-order valence-electron chi connectivity index (χ4n) is 1.69. The van der Waals surface area contributed by atoms with Crippen molar-refractivity contribution in [3.05, 3.63) is 18.3 Å². The van der Waals surface area contributed by atoms with Crippen LogP contribution >= 0.6 is 0 Å². The van der Waals surface area contributed by atoms with Gasteiger partial charge in [-0.25, -0.2) is 4.98 Å². The SMILES string of the molecule is CCCNc1cc(N(CC(N)=O)C(C)C)ccn1. The van der Waals surface area contributed by atoms with Crippen LogP contribution in [0.2, 0.25) is 0 Å². The van der Waals surface area contributed by atoms with Crippen LogP contribution in [0.3, 0.4) is 0 Å². The first kappa shape index (κ1) is 14.3. The molecule has 5 nitrogen and oxygen atoms in total. The first-order chi connectivity index (χ1) is 8.54. The molecule has 1 aromatic heterocycles. The summed E-state index contributed by atoms with van der Waals surface area (Å²) in [6, 6.07) is 4.04. The van der Waals surface area contributed by atoms with Crippen LogP contribution < -0.4 is 16.0 Å². The van der Waals surface area contributed by atoms with Crippen LogP contribution in [0, 0.1) is 0 Å². The molecule has 1 heterocycles. The first-order valence-electron chi connectivity index (χ1n) is 6.29. The molecule has 0 aliphatic carbocycles. The van der Waals surface area contributed by atoms with E-state index in [1.165, 1.54) is 0 Å². The number of primary amides is 1. The van der Waals surface area contributed by atoms with Gasteiger partial charge in [0, 0.05) is 30.5 Å². The van der Waals surface area contributed by atoms with Crippen LogP contribution in [0.25, 0.3) is 0 Å². The number of nitrogens with two attached hydrogens (primary N) is 1. The van der Waals surface area contributed by atoms with Gasteiger partial charge in [0.25, 0.3) is 0 Å². The van der Waals surface area contributed by atoms with Crippen molar-refractivity contribution in [2.75, 3.05) is 23.3 Å². The lowest BCUT2D eigenvalue weighted by atomic mass is 10.2. The minimum Gasteiger partial charge on any atom is -0.370 e. The molecule has 0 saturated carbocycles. The second-order valence-corrected chi connectivity index (χ2v) is 4.51. The van der Waals surface area contributed by atoms with Gasteiger partial charge < -0.3 is 16.0 Å². The predicted molar refractivity (Wildman–Crippen MR) is 74.7 cm³/mol. The third-order valence-corrected chi connectivity index (χ3v) is 2.58. The summed E-state index contributed by atoms with van der Waals surface area (Å²) >= 11 is 0. The van der Waals surface area contributed by atoms with Crippen molar-refractivity contribution in [3.63, 3.8) is 0 Å². The minimum absolute atomic E-state index is 0.207. The number of pyridine rings is 1. The highest BCUT2D eigenvalue weighted by atomic mass is 16.1. The van der Waals surface area contributed by atoms with Crippen LogP contribution in [0.1, 0.15) is 27.2 Å². The summed E-state index contributed by atoms with van der Waals surface area (Å²) in [5, 5.41) is 3.23. The maximum absolute atomic E-state index is 11.1. The quantitative estimate of drug-likeness (QED) is 0.771. The Kier molecular flexibility index (Phi) is 5.42. The van der Waals surface area contributed by atoms with E-state index in [0.717, 1.165) is 24.5 Å². The number of rotatable bonds is 7. The molecule has 1 aromatic rings. The van der Waals surface area contributed by atoms with Crippen molar-refractivity contribution in [1.29, 1.82) is 0 Å². The Morgan fingerprint density at radius 2 is 2.28 bits per heavy atom. The van der Waals surface area contributed by atoms with Crippen molar-refractivity contribution >= 4 is 17.4 Å². The van der Waals surface area contributed by atoms with Crippen molar-refractivity contribution in [3.8, 4) is 0 Å². The van der Waals surface area contributed by atoms with Gasteiger partial charge in [0.2, 0.25) is 5.91 Å². The molecule has 0 atom stereocenters. The van der Waals surface area contributed by atoms with Gasteiger partial charge >= 0.3 is 0 Å². The highest BCUT2D eigenvalue weighted by Gasteiger charge is 2.13. The lowest BCUT2D eigenvalue weighted by Crippen LogP contribution is -2.38. The smallest absolute Gasteiger partial charge is 0.236 e. The van der Waals surface area contributed by atoms with Crippen molar-refractivity contribution in [1.82, 2.24) is 4.98 Å². The molecule has 0 fully saturated rings. The molecule has 0 aromatic carbocycles. The standard InChI is InChI=1S/C13H22N4O/c1-4-6-15-13-8-11(5-7-16-13)17(10(2)3)9-12(14)18/h5,7-8,10H,4,6,9H2,1-3H3,(H2,14,18)(H,15,16). The maximum Gasteiger partial charge on any atom is 0.236 e. The molecule has 0 spiro atoms. The Hall–Kier alpha value is -1.78. The monoisotopic (exact) mass is 250 g/mol. The average Bonchev–Trinajstić information content (AvgIpc) is 2.33. The van der Waals surface area contributed by atoms with Crippen LogP contribution in [-0.2, 0) is 4.79 Å². The van der Waals surface area contributed by atoms with Gasteiger partial charge in [-0.15, -0.1) is 0 Å². The maximum atomic E-state index is 11.1. The third-order valence-electron chi connectivity index (χ3n) is 2.58. The van der Waals surface area contributed by atoms with Crippen LogP contribution in [0.15, 0.2) is 18.3 Å². The van der Waals surface area contributed by atoms with Gasteiger partial charge in [0.05, 0.1) is 6.54 Å². The summed E-state index contributed by atoms with van der Waals surface area (Å²) in [6.45, 7) is 7.26. The summed E-state index contributed by atoms with van der Waals surface area (Å²) < 4.78 is 0. The summed E-state index contributed by atoms with van der Waals surface area (Å²) in [5.74, 6) is 0.494. The molecule has 5 heteroatoms. The number of anilines is 2. The van der Waals surface area contributed by atoms with Crippen molar-refractivity contribution < 1.29 is 4.79 Å². The first-order valence-corrected chi connectivity index (χ1v) is 6.29. The molecule has 3 N–H and O–H groups in total. The van der Waals surface area contributed by atoms with Gasteiger partial charge in [-0.2, -0.15) is 0 Å². The molecular formula is C13H22N4O. The zero-order valence-corrected chi connectivity index (χ0v) is 11.3. The Morgan fingerprint density at radius 3 is 2.83 bits per heavy atom. The van der Waals surface area contributed by atoms with E-state index in [9.17, 15) is 4.79 Å². The largest absolute Gasteiger partial charge is 0.370 e. The van der Waals surface area contributed by atoms with E-state index >= 15 is 0 Å². The van der Waals surface area contributed by atoms with E-state index in [1.54, 1.807) is 6.20 Å². The molecule has 0 radical (unpaired) electrons. The van der Waals surface area contributed by atoms with Gasteiger partial charge in [0.1, 0.15) is 5.82 Å². The Balaban J connectivity index is 2.87. The Bertz CT molecular complexity index is 392.